The Morgan fingerprint density at radius 3 is 2.65 bits per heavy atom. The SMILES string of the molecule is COc1ccc(C(=O)N[C@@H]2CCCN(c3cc(-c4ccc(Cl)cc4)[nH]n3)C2)cc1OC. The zero-order valence-electron chi connectivity index (χ0n) is 17.5. The summed E-state index contributed by atoms with van der Waals surface area (Å²) >= 11 is 5.98. The molecule has 3 aromatic rings. The fraction of sp³-hybridized carbons (Fsp3) is 0.304. The number of halogens is 1. The number of rotatable bonds is 6. The predicted molar refractivity (Wildman–Crippen MR) is 121 cm³/mol. The van der Waals surface area contributed by atoms with E-state index < -0.39 is 0 Å². The van der Waals surface area contributed by atoms with Crippen molar-refractivity contribution in [2.24, 2.45) is 0 Å². The van der Waals surface area contributed by atoms with E-state index >= 15 is 0 Å². The largest absolute Gasteiger partial charge is 0.493 e. The van der Waals surface area contributed by atoms with Gasteiger partial charge in [-0.1, -0.05) is 23.7 Å². The summed E-state index contributed by atoms with van der Waals surface area (Å²) in [6, 6.07) is 14.9. The summed E-state index contributed by atoms with van der Waals surface area (Å²) in [4.78, 5) is 15.0. The molecule has 1 saturated heterocycles. The van der Waals surface area contributed by atoms with E-state index in [0.29, 0.717) is 28.6 Å². The summed E-state index contributed by atoms with van der Waals surface area (Å²) in [6.45, 7) is 1.59. The van der Waals surface area contributed by atoms with Crippen LogP contribution in [0.3, 0.4) is 0 Å². The number of carbonyl (C=O) groups is 1. The van der Waals surface area contributed by atoms with Crippen molar-refractivity contribution in [3.05, 3.63) is 59.1 Å². The van der Waals surface area contributed by atoms with Crippen molar-refractivity contribution in [2.45, 2.75) is 18.9 Å². The summed E-state index contributed by atoms with van der Waals surface area (Å²) in [7, 11) is 3.13. The number of hydrogen-bond acceptors (Lipinski definition) is 5. The fourth-order valence-electron chi connectivity index (χ4n) is 3.80. The van der Waals surface area contributed by atoms with Crippen LogP contribution < -0.4 is 19.7 Å². The van der Waals surface area contributed by atoms with E-state index in [1.165, 1.54) is 0 Å². The number of hydrogen-bond donors (Lipinski definition) is 2. The van der Waals surface area contributed by atoms with Gasteiger partial charge in [0.25, 0.3) is 5.91 Å². The predicted octanol–water partition coefficient (Wildman–Crippen LogP) is 4.15. The molecule has 0 unspecified atom stereocenters. The summed E-state index contributed by atoms with van der Waals surface area (Å²) in [5, 5.41) is 11.4. The van der Waals surface area contributed by atoms with Crippen LogP contribution in [0, 0.1) is 0 Å². The summed E-state index contributed by atoms with van der Waals surface area (Å²) in [5.41, 5.74) is 2.50. The van der Waals surface area contributed by atoms with Crippen molar-refractivity contribution in [1.82, 2.24) is 15.5 Å². The highest BCUT2D eigenvalue weighted by Crippen LogP contribution is 2.28. The molecule has 2 aromatic carbocycles. The highest BCUT2D eigenvalue weighted by atomic mass is 35.5. The molecule has 0 aliphatic carbocycles. The number of piperidine rings is 1. The van der Waals surface area contributed by atoms with Crippen molar-refractivity contribution in [1.29, 1.82) is 0 Å². The van der Waals surface area contributed by atoms with E-state index in [0.717, 1.165) is 36.5 Å². The number of H-pyrrole nitrogens is 1. The molecule has 31 heavy (non-hydrogen) atoms. The van der Waals surface area contributed by atoms with Crippen LogP contribution >= 0.6 is 11.6 Å². The number of methoxy groups -OCH3 is 2. The summed E-state index contributed by atoms with van der Waals surface area (Å²) < 4.78 is 10.5. The lowest BCUT2D eigenvalue weighted by molar-refractivity contribution is 0.0932. The fourth-order valence-corrected chi connectivity index (χ4v) is 3.93. The molecule has 7 nitrogen and oxygen atoms in total. The molecular weight excluding hydrogens is 416 g/mol. The van der Waals surface area contributed by atoms with Gasteiger partial charge in [-0.25, -0.2) is 0 Å². The smallest absolute Gasteiger partial charge is 0.251 e. The minimum Gasteiger partial charge on any atom is -0.493 e. The van der Waals surface area contributed by atoms with Crippen molar-refractivity contribution in [3.63, 3.8) is 0 Å². The Balaban J connectivity index is 1.42. The lowest BCUT2D eigenvalue weighted by Crippen LogP contribution is -2.48. The number of amides is 1. The lowest BCUT2D eigenvalue weighted by Gasteiger charge is -2.33. The molecule has 0 saturated carbocycles. The van der Waals surface area contributed by atoms with E-state index in [1.807, 2.05) is 30.3 Å². The normalized spacial score (nSPS) is 16.1. The lowest BCUT2D eigenvalue weighted by atomic mass is 10.0. The second kappa shape index (κ2) is 9.31. The Morgan fingerprint density at radius 2 is 1.90 bits per heavy atom. The van der Waals surface area contributed by atoms with Gasteiger partial charge < -0.3 is 19.7 Å². The van der Waals surface area contributed by atoms with Gasteiger partial charge in [0.05, 0.1) is 19.9 Å². The molecule has 0 bridgehead atoms. The molecule has 162 valence electrons. The molecule has 0 spiro atoms. The monoisotopic (exact) mass is 440 g/mol. The van der Waals surface area contributed by atoms with Crippen molar-refractivity contribution < 1.29 is 14.3 Å². The molecule has 0 radical (unpaired) electrons. The minimum absolute atomic E-state index is 0.0324. The van der Waals surface area contributed by atoms with Gasteiger partial charge in [-0.2, -0.15) is 5.10 Å². The van der Waals surface area contributed by atoms with Gasteiger partial charge in [-0.15, -0.1) is 0 Å². The van der Waals surface area contributed by atoms with E-state index in [2.05, 4.69) is 20.4 Å². The third-order valence-corrected chi connectivity index (χ3v) is 5.70. The average molecular weight is 441 g/mol. The molecule has 2 N–H and O–H groups in total. The van der Waals surface area contributed by atoms with Crippen LogP contribution in [0.4, 0.5) is 5.82 Å². The van der Waals surface area contributed by atoms with Gasteiger partial charge >= 0.3 is 0 Å². The first-order chi connectivity index (χ1) is 15.1. The maximum absolute atomic E-state index is 12.8. The quantitative estimate of drug-likeness (QED) is 0.602. The van der Waals surface area contributed by atoms with Crippen LogP contribution in [0.1, 0.15) is 23.2 Å². The van der Waals surface area contributed by atoms with Crippen LogP contribution in [0.15, 0.2) is 48.5 Å². The molecule has 1 aliphatic rings. The van der Waals surface area contributed by atoms with Crippen LogP contribution in [0.2, 0.25) is 5.02 Å². The second-order valence-corrected chi connectivity index (χ2v) is 7.91. The third kappa shape index (κ3) is 4.77. The number of carbonyl (C=O) groups excluding carboxylic acids is 1. The second-order valence-electron chi connectivity index (χ2n) is 7.48. The molecule has 1 atom stereocenters. The Bertz CT molecular complexity index is 1050. The van der Waals surface area contributed by atoms with Crippen molar-refractivity contribution >= 4 is 23.3 Å². The van der Waals surface area contributed by atoms with Crippen LogP contribution in [0.5, 0.6) is 11.5 Å². The summed E-state index contributed by atoms with van der Waals surface area (Å²) in [5.74, 6) is 1.87. The highest BCUT2D eigenvalue weighted by molar-refractivity contribution is 6.30. The van der Waals surface area contributed by atoms with E-state index in [1.54, 1.807) is 32.4 Å². The number of aromatic nitrogens is 2. The number of nitrogens with zero attached hydrogens (tertiary/aromatic N) is 2. The topological polar surface area (TPSA) is 79.5 Å². The van der Waals surface area contributed by atoms with Gasteiger partial charge in [0.15, 0.2) is 17.3 Å². The molecule has 1 fully saturated rings. The molecule has 8 heteroatoms. The molecule has 1 amide bonds. The van der Waals surface area contributed by atoms with Crippen LogP contribution in [-0.4, -0.2) is 49.5 Å². The number of nitrogens with one attached hydrogen (secondary N) is 2. The van der Waals surface area contributed by atoms with Gasteiger partial charge in [0.1, 0.15) is 0 Å². The maximum atomic E-state index is 12.8. The molecule has 2 heterocycles. The van der Waals surface area contributed by atoms with E-state index in [-0.39, 0.29) is 11.9 Å². The summed E-state index contributed by atoms with van der Waals surface area (Å²) in [6.07, 6.45) is 1.89. The first-order valence-electron chi connectivity index (χ1n) is 10.2. The van der Waals surface area contributed by atoms with Crippen molar-refractivity contribution in [3.8, 4) is 22.8 Å². The Morgan fingerprint density at radius 1 is 1.13 bits per heavy atom. The van der Waals surface area contributed by atoms with Gasteiger partial charge in [-0.3, -0.25) is 9.89 Å². The van der Waals surface area contributed by atoms with Gasteiger partial charge in [0.2, 0.25) is 0 Å². The standard InChI is InChI=1S/C23H25ClN4O3/c1-30-20-10-7-16(12-21(20)31-2)23(29)25-18-4-3-11-28(14-18)22-13-19(26-27-22)15-5-8-17(24)9-6-15/h5-10,12-13,18H,3-4,11,14H2,1-2H3,(H,25,29)(H,26,27)/t18-/m1/s1. The zero-order valence-corrected chi connectivity index (χ0v) is 18.3. The molecule has 1 aromatic heterocycles. The minimum atomic E-state index is -0.128. The number of benzene rings is 2. The Kier molecular flexibility index (Phi) is 6.32. The zero-order chi connectivity index (χ0) is 21.8. The first kappa shape index (κ1) is 21.1. The van der Waals surface area contributed by atoms with E-state index in [4.69, 9.17) is 21.1 Å². The first-order valence-corrected chi connectivity index (χ1v) is 10.5. The van der Waals surface area contributed by atoms with E-state index in [9.17, 15) is 4.79 Å². The van der Waals surface area contributed by atoms with Crippen LogP contribution in [-0.2, 0) is 0 Å². The van der Waals surface area contributed by atoms with Gasteiger partial charge in [-0.05, 0) is 48.7 Å². The number of aromatic amines is 1. The molecule has 1 aliphatic heterocycles. The number of ether oxygens (including phenoxy) is 2. The maximum Gasteiger partial charge on any atom is 0.251 e. The number of anilines is 1. The third-order valence-electron chi connectivity index (χ3n) is 5.45. The molecule has 4 rings (SSSR count). The Hall–Kier alpha value is -3.19. The van der Waals surface area contributed by atoms with Crippen LogP contribution in [0.25, 0.3) is 11.3 Å². The Labute approximate surface area is 186 Å². The van der Waals surface area contributed by atoms with Crippen molar-refractivity contribution in [2.75, 3.05) is 32.2 Å². The highest BCUT2D eigenvalue weighted by Gasteiger charge is 2.24. The van der Waals surface area contributed by atoms with Gasteiger partial charge in [0, 0.05) is 35.8 Å². The average Bonchev–Trinajstić information content (AvgIpc) is 3.29. The molecular formula is C23H25ClN4O3.